The molecule has 0 spiro atoms. The Hall–Kier alpha value is -3.14. The van der Waals surface area contributed by atoms with Crippen molar-refractivity contribution in [1.82, 2.24) is 9.97 Å². The summed E-state index contributed by atoms with van der Waals surface area (Å²) in [4.78, 5) is 29.6. The lowest BCUT2D eigenvalue weighted by molar-refractivity contribution is -0.275. The van der Waals surface area contributed by atoms with E-state index < -0.39 is 18.2 Å². The fourth-order valence-corrected chi connectivity index (χ4v) is 6.00. The Balaban J connectivity index is 1.34. The van der Waals surface area contributed by atoms with Crippen LogP contribution in [0.5, 0.6) is 0 Å². The third kappa shape index (κ3) is 5.27. The monoisotopic (exact) mass is 634 g/mol. The van der Waals surface area contributed by atoms with Crippen LogP contribution in [0.4, 0.5) is 19.1 Å². The van der Waals surface area contributed by atoms with Gasteiger partial charge in [-0.2, -0.15) is 13.2 Å². The minimum Gasteiger partial charge on any atom is -0.374 e. The maximum Gasteiger partial charge on any atom is 0.435 e. The molecule has 0 N–H and O–H groups in total. The number of halogens is 6. The van der Waals surface area contributed by atoms with Gasteiger partial charge in [0, 0.05) is 33.3 Å². The molecule has 2 fully saturated rings. The fourth-order valence-electron chi connectivity index (χ4n) is 5.37. The molecule has 1 amide bonds. The summed E-state index contributed by atoms with van der Waals surface area (Å²) in [5.41, 5.74) is 0.584. The first-order valence-corrected chi connectivity index (χ1v) is 14.5. The molecular formula is C30H24Cl3F3N4O2. The predicted molar refractivity (Wildman–Crippen MR) is 155 cm³/mol. The maximum atomic E-state index is 14.5. The molecule has 2 aliphatic carbocycles. The van der Waals surface area contributed by atoms with Crippen molar-refractivity contribution in [3.8, 4) is 0 Å². The van der Waals surface area contributed by atoms with Crippen molar-refractivity contribution in [3.63, 3.8) is 0 Å². The number of amides is 1. The molecule has 3 aromatic rings. The molecule has 42 heavy (non-hydrogen) atoms. The number of nitrogens with zero attached hydrogens (tertiary/aromatic N) is 4. The zero-order chi connectivity index (χ0) is 29.8. The topological polar surface area (TPSA) is 67.7 Å². The van der Waals surface area contributed by atoms with Gasteiger partial charge in [0.25, 0.3) is 11.5 Å². The summed E-state index contributed by atoms with van der Waals surface area (Å²) in [6.07, 6.45) is 2.35. The molecule has 1 aromatic heterocycles. The van der Waals surface area contributed by atoms with Crippen molar-refractivity contribution in [3.05, 3.63) is 97.4 Å². The van der Waals surface area contributed by atoms with Crippen LogP contribution < -0.4 is 4.90 Å². The third-order valence-corrected chi connectivity index (χ3v) is 8.47. The molecule has 2 aromatic carbocycles. The number of hydrogen-bond acceptors (Lipinski definition) is 5. The molecule has 1 aliphatic heterocycles. The number of carbonyl (C=O) groups is 1. The smallest absolute Gasteiger partial charge is 0.374 e. The number of aromatic nitrogens is 2. The Labute approximate surface area is 255 Å². The zero-order valence-corrected chi connectivity index (χ0v) is 24.6. The number of hydrogen-bond donors (Lipinski definition) is 0. The predicted octanol–water partition coefficient (Wildman–Crippen LogP) is 8.82. The molecule has 2 heterocycles. The van der Waals surface area contributed by atoms with Crippen LogP contribution in [0.1, 0.15) is 65.6 Å². The lowest BCUT2D eigenvalue weighted by atomic mass is 9.86. The van der Waals surface area contributed by atoms with Crippen LogP contribution in [0.25, 0.3) is 0 Å². The number of alkyl halides is 3. The van der Waals surface area contributed by atoms with Crippen LogP contribution in [0.3, 0.4) is 0 Å². The van der Waals surface area contributed by atoms with Gasteiger partial charge >= 0.3 is 6.18 Å². The van der Waals surface area contributed by atoms with E-state index in [1.807, 2.05) is 0 Å². The number of oxime groups is 1. The van der Waals surface area contributed by atoms with Crippen molar-refractivity contribution in [2.75, 3.05) is 4.90 Å². The molecular weight excluding hydrogens is 612 g/mol. The molecule has 6 nitrogen and oxygen atoms in total. The number of anilines is 1. The van der Waals surface area contributed by atoms with E-state index >= 15 is 0 Å². The number of rotatable bonds is 6. The van der Waals surface area contributed by atoms with E-state index in [-0.39, 0.29) is 39.1 Å². The Bertz CT molecular complexity index is 1610. The summed E-state index contributed by atoms with van der Waals surface area (Å²) >= 11 is 18.1. The van der Waals surface area contributed by atoms with E-state index in [2.05, 4.69) is 15.1 Å². The Kier molecular flexibility index (Phi) is 7.48. The summed E-state index contributed by atoms with van der Waals surface area (Å²) < 4.78 is 43.4. The summed E-state index contributed by atoms with van der Waals surface area (Å²) in [6.45, 7) is 1.73. The molecule has 0 radical (unpaired) electrons. The molecule has 1 atom stereocenters. The summed E-state index contributed by atoms with van der Waals surface area (Å²) in [7, 11) is 0. The number of aryl methyl sites for hydroxylation is 1. The average molecular weight is 636 g/mol. The van der Waals surface area contributed by atoms with Crippen LogP contribution >= 0.6 is 34.8 Å². The molecule has 0 bridgehead atoms. The van der Waals surface area contributed by atoms with E-state index in [1.165, 1.54) is 36.2 Å². The van der Waals surface area contributed by atoms with Gasteiger partial charge in [0.2, 0.25) is 5.95 Å². The van der Waals surface area contributed by atoms with Crippen LogP contribution in [-0.2, 0) is 10.4 Å². The molecule has 1 unspecified atom stereocenters. The van der Waals surface area contributed by atoms with Crippen molar-refractivity contribution >= 4 is 52.4 Å². The van der Waals surface area contributed by atoms with Gasteiger partial charge in [-0.25, -0.2) is 14.9 Å². The van der Waals surface area contributed by atoms with Crippen molar-refractivity contribution < 1.29 is 22.8 Å². The highest BCUT2D eigenvalue weighted by molar-refractivity contribution is 6.34. The number of benzene rings is 2. The lowest BCUT2D eigenvalue weighted by Crippen LogP contribution is -2.42. The Morgan fingerprint density at radius 2 is 1.67 bits per heavy atom. The second kappa shape index (κ2) is 10.8. The van der Waals surface area contributed by atoms with Gasteiger partial charge in [-0.3, -0.25) is 4.79 Å². The SMILES string of the molecule is Cc1cc(C2=NOC(c3cc(Cl)cc(Cl)c3)(C(F)(F)F)C2)ccc1C(=O)N(C(=C1CCC1)C1CC1)c1ncc(Cl)cn1. The first-order valence-electron chi connectivity index (χ1n) is 13.4. The van der Waals surface area contributed by atoms with E-state index in [0.29, 0.717) is 21.7 Å². The molecule has 6 rings (SSSR count). The average Bonchev–Trinajstić information content (AvgIpc) is 3.63. The quantitative estimate of drug-likeness (QED) is 0.271. The van der Waals surface area contributed by atoms with Gasteiger partial charge in [-0.05, 0) is 92.0 Å². The van der Waals surface area contributed by atoms with Crippen LogP contribution in [-0.4, -0.2) is 27.8 Å². The summed E-state index contributed by atoms with van der Waals surface area (Å²) in [5, 5.41) is 4.30. The fraction of sp³-hybridized carbons (Fsp3) is 0.333. The normalized spacial score (nSPS) is 20.1. The van der Waals surface area contributed by atoms with Crippen LogP contribution in [0.15, 0.2) is 65.2 Å². The van der Waals surface area contributed by atoms with Gasteiger partial charge < -0.3 is 4.84 Å². The molecule has 12 heteroatoms. The lowest BCUT2D eigenvalue weighted by Gasteiger charge is -2.30. The van der Waals surface area contributed by atoms with Crippen LogP contribution in [0, 0.1) is 12.8 Å². The first kappa shape index (κ1) is 29.0. The second-order valence-corrected chi connectivity index (χ2v) is 12.1. The van der Waals surface area contributed by atoms with E-state index in [0.717, 1.165) is 37.8 Å². The Morgan fingerprint density at radius 1 is 1.00 bits per heavy atom. The van der Waals surface area contributed by atoms with E-state index in [9.17, 15) is 18.0 Å². The Morgan fingerprint density at radius 3 is 2.21 bits per heavy atom. The van der Waals surface area contributed by atoms with Gasteiger partial charge in [-0.1, -0.05) is 46.0 Å². The first-order chi connectivity index (χ1) is 20.0. The van der Waals surface area contributed by atoms with Crippen molar-refractivity contribution in [2.45, 2.75) is 57.2 Å². The highest BCUT2D eigenvalue weighted by Crippen LogP contribution is 2.50. The maximum absolute atomic E-state index is 14.5. The minimum atomic E-state index is -4.81. The standard InChI is InChI=1S/C30H24Cl3F3N4O2/c1-16-9-19(25-13-29(42-39-25,30(34,35)36)20-10-21(31)12-22(32)11-20)7-8-24(16)27(41)40(28-37-14-23(33)15-38-28)26(18-5-6-18)17-3-2-4-17/h7-12,14-15,18H,2-6,13H2,1H3. The van der Waals surface area contributed by atoms with E-state index in [1.54, 1.807) is 30.0 Å². The number of carbonyl (C=O) groups excluding carboxylic acids is 1. The van der Waals surface area contributed by atoms with Gasteiger partial charge in [-0.15, -0.1) is 0 Å². The summed E-state index contributed by atoms with van der Waals surface area (Å²) in [6, 6.07) is 8.51. The largest absolute Gasteiger partial charge is 0.435 e. The van der Waals surface area contributed by atoms with Crippen molar-refractivity contribution in [1.29, 1.82) is 0 Å². The highest BCUT2D eigenvalue weighted by Gasteiger charge is 2.62. The van der Waals surface area contributed by atoms with Crippen molar-refractivity contribution in [2.24, 2.45) is 11.1 Å². The molecule has 2 saturated carbocycles. The van der Waals surface area contributed by atoms with E-state index in [4.69, 9.17) is 39.6 Å². The third-order valence-electron chi connectivity index (χ3n) is 7.84. The van der Waals surface area contributed by atoms with Gasteiger partial charge in [0.1, 0.15) is 0 Å². The zero-order valence-electron chi connectivity index (χ0n) is 22.3. The molecule has 0 saturated heterocycles. The second-order valence-electron chi connectivity index (χ2n) is 10.8. The summed E-state index contributed by atoms with van der Waals surface area (Å²) in [5.74, 6) is 0.173. The van der Waals surface area contributed by atoms with Gasteiger partial charge in [0.05, 0.1) is 23.1 Å². The minimum absolute atomic E-state index is 0.0496. The van der Waals surface area contributed by atoms with Crippen LogP contribution in [0.2, 0.25) is 15.1 Å². The molecule has 218 valence electrons. The number of allylic oxidation sites excluding steroid dienone is 2. The molecule has 3 aliphatic rings. The van der Waals surface area contributed by atoms with Gasteiger partial charge in [0.15, 0.2) is 0 Å². The highest BCUT2D eigenvalue weighted by atomic mass is 35.5.